The van der Waals surface area contributed by atoms with Gasteiger partial charge in [-0.1, -0.05) is 37.3 Å². The molecule has 0 aliphatic carbocycles. The minimum Gasteiger partial charge on any atom is -0.375 e. The van der Waals surface area contributed by atoms with Crippen molar-refractivity contribution in [3.63, 3.8) is 0 Å². The largest absolute Gasteiger partial charge is 0.375 e. The number of hydrogen-bond acceptors (Lipinski definition) is 2. The molecule has 116 valence electrons. The van der Waals surface area contributed by atoms with Crippen LogP contribution in [0.5, 0.6) is 0 Å². The number of methoxy groups -OCH3 is 1. The lowest BCUT2D eigenvalue weighted by atomic mass is 9.99. The fraction of sp³-hybridized carbons (Fsp3) is 0.588. The molecule has 1 saturated heterocycles. The molecule has 0 amide bonds. The molecule has 4 heteroatoms. The molecular weight excluding hydrogens is 262 g/mol. The van der Waals surface area contributed by atoms with Crippen molar-refractivity contribution >= 4 is 5.96 Å². The van der Waals surface area contributed by atoms with Gasteiger partial charge in [0.05, 0.1) is 6.10 Å². The highest BCUT2D eigenvalue weighted by atomic mass is 16.5. The number of ether oxygens (including phenoxy) is 1. The Morgan fingerprint density at radius 2 is 2.00 bits per heavy atom. The van der Waals surface area contributed by atoms with Gasteiger partial charge < -0.3 is 15.0 Å². The first kappa shape index (κ1) is 15.8. The van der Waals surface area contributed by atoms with E-state index in [1.807, 2.05) is 25.2 Å². The first-order valence-corrected chi connectivity index (χ1v) is 7.78. The van der Waals surface area contributed by atoms with Gasteiger partial charge in [-0.25, -0.2) is 0 Å². The molecule has 0 bridgehead atoms. The molecule has 0 aromatic heterocycles. The number of hydrogen-bond donors (Lipinski definition) is 1. The Bertz CT molecular complexity index is 439. The molecule has 4 nitrogen and oxygen atoms in total. The van der Waals surface area contributed by atoms with E-state index in [1.165, 1.54) is 18.4 Å². The van der Waals surface area contributed by atoms with E-state index in [4.69, 9.17) is 4.74 Å². The molecule has 21 heavy (non-hydrogen) atoms. The second-order valence-corrected chi connectivity index (χ2v) is 5.73. The quantitative estimate of drug-likeness (QED) is 0.684. The standard InChI is InChI=1S/C17H27N3O/c1-14-9-11-20(12-10-14)17(18-2)19-13-16(21-3)15-7-5-4-6-8-15/h4-8,14,16H,9-13H2,1-3H3,(H,18,19). The summed E-state index contributed by atoms with van der Waals surface area (Å²) >= 11 is 0. The SMILES string of the molecule is CN=C(NCC(OC)c1ccccc1)N1CCC(C)CC1. The zero-order valence-corrected chi connectivity index (χ0v) is 13.4. The molecule has 1 N–H and O–H groups in total. The summed E-state index contributed by atoms with van der Waals surface area (Å²) in [4.78, 5) is 6.76. The van der Waals surface area contributed by atoms with Crippen LogP contribution in [0.15, 0.2) is 35.3 Å². The predicted molar refractivity (Wildman–Crippen MR) is 87.5 cm³/mol. The summed E-state index contributed by atoms with van der Waals surface area (Å²) in [7, 11) is 3.61. The summed E-state index contributed by atoms with van der Waals surface area (Å²) in [6, 6.07) is 10.3. The van der Waals surface area contributed by atoms with E-state index in [0.29, 0.717) is 0 Å². The lowest BCUT2D eigenvalue weighted by Gasteiger charge is -2.33. The van der Waals surface area contributed by atoms with Gasteiger partial charge in [-0.3, -0.25) is 4.99 Å². The number of aliphatic imine (C=N–C) groups is 1. The van der Waals surface area contributed by atoms with Crippen molar-refractivity contribution in [3.05, 3.63) is 35.9 Å². The number of piperidine rings is 1. The van der Waals surface area contributed by atoms with Gasteiger partial charge in [0.15, 0.2) is 5.96 Å². The van der Waals surface area contributed by atoms with Crippen LogP contribution in [-0.2, 0) is 4.74 Å². The van der Waals surface area contributed by atoms with Gasteiger partial charge in [0.25, 0.3) is 0 Å². The van der Waals surface area contributed by atoms with Gasteiger partial charge in [-0.15, -0.1) is 0 Å². The molecule has 1 atom stereocenters. The maximum Gasteiger partial charge on any atom is 0.193 e. The van der Waals surface area contributed by atoms with Crippen LogP contribution in [-0.4, -0.2) is 44.7 Å². The molecule has 1 aromatic rings. The average Bonchev–Trinajstić information content (AvgIpc) is 2.54. The number of benzene rings is 1. The molecule has 1 fully saturated rings. The third-order valence-corrected chi connectivity index (χ3v) is 4.20. The van der Waals surface area contributed by atoms with Crippen LogP contribution >= 0.6 is 0 Å². The summed E-state index contributed by atoms with van der Waals surface area (Å²) in [6.07, 6.45) is 2.53. The number of nitrogens with zero attached hydrogens (tertiary/aromatic N) is 2. The van der Waals surface area contributed by atoms with Crippen molar-refractivity contribution in [2.45, 2.75) is 25.9 Å². The van der Waals surface area contributed by atoms with E-state index in [-0.39, 0.29) is 6.10 Å². The Kier molecular flexibility index (Phi) is 6.05. The molecular formula is C17H27N3O. The zero-order chi connectivity index (χ0) is 15.1. The number of guanidine groups is 1. The molecule has 1 aliphatic heterocycles. The van der Waals surface area contributed by atoms with E-state index in [9.17, 15) is 0 Å². The fourth-order valence-corrected chi connectivity index (χ4v) is 2.74. The summed E-state index contributed by atoms with van der Waals surface area (Å²) in [5.41, 5.74) is 1.19. The van der Waals surface area contributed by atoms with Crippen molar-refractivity contribution in [1.82, 2.24) is 10.2 Å². The van der Waals surface area contributed by atoms with E-state index in [2.05, 4.69) is 34.3 Å². The fourth-order valence-electron chi connectivity index (χ4n) is 2.74. The Hall–Kier alpha value is -1.55. The van der Waals surface area contributed by atoms with Gasteiger partial charge >= 0.3 is 0 Å². The monoisotopic (exact) mass is 289 g/mol. The summed E-state index contributed by atoms with van der Waals surface area (Å²) in [5, 5.41) is 3.45. The Morgan fingerprint density at radius 1 is 1.33 bits per heavy atom. The lowest BCUT2D eigenvalue weighted by Crippen LogP contribution is -2.46. The molecule has 0 spiro atoms. The van der Waals surface area contributed by atoms with Crippen molar-refractivity contribution < 1.29 is 4.74 Å². The number of nitrogens with one attached hydrogen (secondary N) is 1. The molecule has 0 saturated carbocycles. The van der Waals surface area contributed by atoms with Crippen molar-refractivity contribution in [3.8, 4) is 0 Å². The van der Waals surface area contributed by atoms with Crippen LogP contribution in [0.1, 0.15) is 31.4 Å². The highest BCUT2D eigenvalue weighted by Crippen LogP contribution is 2.17. The molecule has 1 aromatic carbocycles. The highest BCUT2D eigenvalue weighted by molar-refractivity contribution is 5.80. The molecule has 0 radical (unpaired) electrons. The summed E-state index contributed by atoms with van der Waals surface area (Å²) in [6.45, 7) is 5.23. The van der Waals surface area contributed by atoms with Gasteiger partial charge in [0, 0.05) is 33.8 Å². The van der Waals surface area contributed by atoms with Crippen molar-refractivity contribution in [2.24, 2.45) is 10.9 Å². The van der Waals surface area contributed by atoms with Crippen LogP contribution in [0.4, 0.5) is 0 Å². The predicted octanol–water partition coefficient (Wildman–Crippen LogP) is 2.68. The zero-order valence-electron chi connectivity index (χ0n) is 13.4. The number of rotatable bonds is 4. The normalized spacial score (nSPS) is 18.6. The first-order chi connectivity index (χ1) is 10.2. The summed E-state index contributed by atoms with van der Waals surface area (Å²) in [5.74, 6) is 1.82. The molecule has 1 unspecified atom stereocenters. The van der Waals surface area contributed by atoms with Crippen LogP contribution in [0.2, 0.25) is 0 Å². The van der Waals surface area contributed by atoms with Crippen LogP contribution < -0.4 is 5.32 Å². The maximum atomic E-state index is 5.60. The third kappa shape index (κ3) is 4.46. The Labute approximate surface area is 128 Å². The highest BCUT2D eigenvalue weighted by Gasteiger charge is 2.19. The van der Waals surface area contributed by atoms with Gasteiger partial charge in [0.2, 0.25) is 0 Å². The Morgan fingerprint density at radius 3 is 2.57 bits per heavy atom. The smallest absolute Gasteiger partial charge is 0.193 e. The second kappa shape index (κ2) is 8.03. The number of likely N-dealkylation sites (tertiary alicyclic amines) is 1. The van der Waals surface area contributed by atoms with Crippen molar-refractivity contribution in [1.29, 1.82) is 0 Å². The first-order valence-electron chi connectivity index (χ1n) is 7.78. The van der Waals surface area contributed by atoms with Crippen LogP contribution in [0.3, 0.4) is 0 Å². The lowest BCUT2D eigenvalue weighted by molar-refractivity contribution is 0.105. The topological polar surface area (TPSA) is 36.9 Å². The van der Waals surface area contributed by atoms with E-state index in [1.54, 1.807) is 7.11 Å². The molecule has 2 rings (SSSR count). The Balaban J connectivity index is 1.90. The van der Waals surface area contributed by atoms with Crippen molar-refractivity contribution in [2.75, 3.05) is 33.8 Å². The van der Waals surface area contributed by atoms with Crippen LogP contribution in [0.25, 0.3) is 0 Å². The molecule has 1 aliphatic rings. The second-order valence-electron chi connectivity index (χ2n) is 5.73. The minimum atomic E-state index is 0.0478. The minimum absolute atomic E-state index is 0.0478. The van der Waals surface area contributed by atoms with Gasteiger partial charge in [-0.05, 0) is 24.3 Å². The van der Waals surface area contributed by atoms with E-state index < -0.39 is 0 Å². The summed E-state index contributed by atoms with van der Waals surface area (Å²) < 4.78 is 5.60. The average molecular weight is 289 g/mol. The van der Waals surface area contributed by atoms with Gasteiger partial charge in [-0.2, -0.15) is 0 Å². The third-order valence-electron chi connectivity index (χ3n) is 4.20. The van der Waals surface area contributed by atoms with Gasteiger partial charge in [0.1, 0.15) is 0 Å². The van der Waals surface area contributed by atoms with E-state index in [0.717, 1.165) is 31.5 Å². The molecule has 1 heterocycles. The maximum absolute atomic E-state index is 5.60. The van der Waals surface area contributed by atoms with E-state index >= 15 is 0 Å². The van der Waals surface area contributed by atoms with Crippen LogP contribution in [0, 0.1) is 5.92 Å².